The average Bonchev–Trinajstić information content (AvgIpc) is 3.36. The number of fused-ring (bicyclic) bond motifs is 2. The highest BCUT2D eigenvalue weighted by Gasteiger charge is 2.51. The predicted molar refractivity (Wildman–Crippen MR) is 139 cm³/mol. The summed E-state index contributed by atoms with van der Waals surface area (Å²) < 4.78 is 0. The Kier molecular flexibility index (Phi) is 5.95. The second-order valence-electron chi connectivity index (χ2n) is 12.5. The first kappa shape index (κ1) is 24.9. The van der Waals surface area contributed by atoms with Crippen LogP contribution in [0.1, 0.15) is 96.9 Å². The Morgan fingerprint density at radius 2 is 0.857 bits per heavy atom. The highest BCUT2D eigenvalue weighted by Crippen LogP contribution is 2.49. The molecule has 2 heterocycles. The molecule has 2 aromatic rings. The molecule has 0 unspecified atom stereocenters. The van der Waals surface area contributed by atoms with Gasteiger partial charge in [-0.25, -0.2) is 10.0 Å². The summed E-state index contributed by atoms with van der Waals surface area (Å²) in [5.74, 6) is 0. The van der Waals surface area contributed by atoms with Crippen molar-refractivity contribution >= 4 is 0 Å². The van der Waals surface area contributed by atoms with Crippen LogP contribution in [0, 0.1) is 0 Å². The van der Waals surface area contributed by atoms with Crippen molar-refractivity contribution < 1.29 is 9.68 Å². The molecule has 1 aliphatic carbocycles. The van der Waals surface area contributed by atoms with Gasteiger partial charge in [0.2, 0.25) is 0 Å². The maximum Gasteiger partial charge on any atom is 0.0833 e. The van der Waals surface area contributed by atoms with Gasteiger partial charge in [-0.15, -0.1) is 11.2 Å². The largest absolute Gasteiger partial charge is 0.283 e. The molecule has 6 nitrogen and oxygen atoms in total. The molecule has 2 N–H and O–H groups in total. The van der Waals surface area contributed by atoms with Crippen LogP contribution in [0.3, 0.4) is 0 Å². The van der Waals surface area contributed by atoms with Gasteiger partial charge in [0.25, 0.3) is 0 Å². The number of benzene rings is 2. The molecular formula is C29H42N4O2. The van der Waals surface area contributed by atoms with Crippen molar-refractivity contribution in [3.05, 3.63) is 70.8 Å². The summed E-state index contributed by atoms with van der Waals surface area (Å²) in [6.07, 6.45) is 2.99. The molecule has 0 amide bonds. The molecule has 190 valence electrons. The predicted octanol–water partition coefficient (Wildman–Crippen LogP) is 5.75. The average molecular weight is 479 g/mol. The zero-order chi connectivity index (χ0) is 25.2. The van der Waals surface area contributed by atoms with Gasteiger partial charge in [-0.2, -0.15) is 0 Å². The van der Waals surface area contributed by atoms with E-state index in [0.29, 0.717) is 0 Å². The quantitative estimate of drug-likeness (QED) is 0.516. The second-order valence-corrected chi connectivity index (χ2v) is 12.5. The third-order valence-electron chi connectivity index (χ3n) is 8.68. The van der Waals surface area contributed by atoms with Crippen LogP contribution in [0.5, 0.6) is 0 Å². The van der Waals surface area contributed by atoms with Crippen LogP contribution in [0.2, 0.25) is 0 Å². The van der Waals surface area contributed by atoms with Crippen molar-refractivity contribution in [1.82, 2.24) is 21.2 Å². The normalized spacial score (nSPS) is 28.2. The van der Waals surface area contributed by atoms with E-state index in [9.17, 15) is 0 Å². The molecule has 2 atom stereocenters. The van der Waals surface area contributed by atoms with Gasteiger partial charge in [-0.1, -0.05) is 48.5 Å². The van der Waals surface area contributed by atoms with Crippen LogP contribution in [-0.2, 0) is 31.8 Å². The minimum absolute atomic E-state index is 0.105. The summed E-state index contributed by atoms with van der Waals surface area (Å²) in [5.41, 5.74) is 11.4. The lowest BCUT2D eigenvalue weighted by Gasteiger charge is -2.41. The summed E-state index contributed by atoms with van der Waals surface area (Å²) in [4.78, 5) is 12.6. The lowest BCUT2D eigenvalue weighted by atomic mass is 9.91. The Labute approximate surface area is 210 Å². The molecule has 0 saturated heterocycles. The Morgan fingerprint density at radius 3 is 1.14 bits per heavy atom. The van der Waals surface area contributed by atoms with Crippen LogP contribution in [0.25, 0.3) is 0 Å². The maximum atomic E-state index is 6.28. The highest BCUT2D eigenvalue weighted by molar-refractivity contribution is 5.43. The summed E-state index contributed by atoms with van der Waals surface area (Å²) in [6, 6.07) is 17.4. The topological polar surface area (TPSA) is 49.0 Å². The van der Waals surface area contributed by atoms with Gasteiger partial charge in [-0.05, 0) is 90.5 Å². The van der Waals surface area contributed by atoms with Gasteiger partial charge >= 0.3 is 0 Å². The van der Waals surface area contributed by atoms with Crippen molar-refractivity contribution in [2.45, 2.75) is 109 Å². The van der Waals surface area contributed by atoms with E-state index >= 15 is 0 Å². The van der Waals surface area contributed by atoms with E-state index in [2.05, 4.69) is 125 Å². The minimum atomic E-state index is -0.169. The molecule has 35 heavy (non-hydrogen) atoms. The first-order chi connectivity index (χ1) is 16.4. The minimum Gasteiger partial charge on any atom is -0.283 e. The Bertz CT molecular complexity index is 938. The van der Waals surface area contributed by atoms with Crippen molar-refractivity contribution in [1.29, 1.82) is 0 Å². The van der Waals surface area contributed by atoms with Crippen molar-refractivity contribution in [3.63, 3.8) is 0 Å². The fraction of sp³-hybridized carbons (Fsp3) is 0.586. The van der Waals surface area contributed by atoms with Crippen LogP contribution < -0.4 is 11.2 Å². The molecule has 2 aliphatic heterocycles. The standard InChI is InChI=1S/C29H42N4O2/c1-26(2)22-13-9-10-14-23(22)27(3,4)32(26)30-34-20-17-18-21(19-20)35-31-33-28(5,6)24-15-11-12-16-25(24)29(33,7)8/h9-16,20-21,30-31H,17-19H2,1-8H3/t20-,21+. The Hall–Kier alpha value is -1.80. The van der Waals surface area contributed by atoms with Crippen molar-refractivity contribution in [2.75, 3.05) is 0 Å². The third kappa shape index (κ3) is 3.86. The Morgan fingerprint density at radius 1 is 0.571 bits per heavy atom. The van der Waals surface area contributed by atoms with E-state index in [4.69, 9.17) is 9.68 Å². The molecule has 2 aromatic carbocycles. The second kappa shape index (κ2) is 8.37. The number of hydrazine groups is 2. The summed E-state index contributed by atoms with van der Waals surface area (Å²) >= 11 is 0. The zero-order valence-corrected chi connectivity index (χ0v) is 22.6. The molecule has 0 aromatic heterocycles. The van der Waals surface area contributed by atoms with Gasteiger partial charge in [-0.3, -0.25) is 9.68 Å². The van der Waals surface area contributed by atoms with Gasteiger partial charge in [0.05, 0.1) is 34.4 Å². The number of nitrogens with one attached hydrogen (secondary N) is 2. The maximum absolute atomic E-state index is 6.28. The van der Waals surface area contributed by atoms with Gasteiger partial charge in [0, 0.05) is 6.42 Å². The molecule has 6 heteroatoms. The molecule has 3 aliphatic rings. The molecule has 0 bridgehead atoms. The van der Waals surface area contributed by atoms with Crippen LogP contribution in [0.4, 0.5) is 0 Å². The molecule has 1 fully saturated rings. The number of hydrogen-bond donors (Lipinski definition) is 2. The monoisotopic (exact) mass is 478 g/mol. The third-order valence-corrected chi connectivity index (χ3v) is 8.68. The van der Waals surface area contributed by atoms with E-state index in [1.807, 2.05) is 0 Å². The van der Waals surface area contributed by atoms with E-state index < -0.39 is 0 Å². The molecular weight excluding hydrogens is 436 g/mol. The van der Waals surface area contributed by atoms with Crippen LogP contribution >= 0.6 is 0 Å². The van der Waals surface area contributed by atoms with Crippen LogP contribution in [0.15, 0.2) is 48.5 Å². The molecule has 0 spiro atoms. The number of rotatable bonds is 6. The van der Waals surface area contributed by atoms with Crippen molar-refractivity contribution in [2.24, 2.45) is 0 Å². The summed E-state index contributed by atoms with van der Waals surface area (Å²) in [5, 5.41) is 4.51. The molecule has 1 saturated carbocycles. The summed E-state index contributed by atoms with van der Waals surface area (Å²) in [6.45, 7) is 18.0. The molecule has 0 radical (unpaired) electrons. The highest BCUT2D eigenvalue weighted by atomic mass is 16.7. The fourth-order valence-electron chi connectivity index (χ4n) is 6.81. The summed E-state index contributed by atoms with van der Waals surface area (Å²) in [7, 11) is 0. The SMILES string of the molecule is CC1(C)c2ccccc2C(C)(C)N1NO[C@@H]1CC[C@H](ONN2C(C)(C)c3ccccc3C2(C)C)C1. The number of nitrogens with zero attached hydrogens (tertiary/aromatic N) is 2. The van der Waals surface area contributed by atoms with Gasteiger partial charge in [0.15, 0.2) is 0 Å². The van der Waals surface area contributed by atoms with E-state index in [0.717, 1.165) is 19.3 Å². The molecule has 5 rings (SSSR count). The van der Waals surface area contributed by atoms with Crippen LogP contribution in [-0.4, -0.2) is 22.2 Å². The lowest BCUT2D eigenvalue weighted by Crippen LogP contribution is -2.54. The lowest BCUT2D eigenvalue weighted by molar-refractivity contribution is -0.200. The number of hydrogen-bond acceptors (Lipinski definition) is 6. The van der Waals surface area contributed by atoms with Crippen molar-refractivity contribution in [3.8, 4) is 0 Å². The van der Waals surface area contributed by atoms with E-state index in [1.54, 1.807) is 0 Å². The van der Waals surface area contributed by atoms with Gasteiger partial charge < -0.3 is 0 Å². The Balaban J connectivity index is 1.19. The first-order valence-electron chi connectivity index (χ1n) is 13.0. The van der Waals surface area contributed by atoms with Gasteiger partial charge in [0.1, 0.15) is 0 Å². The van der Waals surface area contributed by atoms with E-state index in [1.165, 1.54) is 22.3 Å². The first-order valence-corrected chi connectivity index (χ1v) is 13.0. The smallest absolute Gasteiger partial charge is 0.0833 e. The zero-order valence-electron chi connectivity index (χ0n) is 22.6. The fourth-order valence-corrected chi connectivity index (χ4v) is 6.81. The van der Waals surface area contributed by atoms with E-state index in [-0.39, 0.29) is 34.4 Å².